The summed E-state index contributed by atoms with van der Waals surface area (Å²) in [4.78, 5) is 71.9. The molecule has 4 aliphatic heterocycles. The summed E-state index contributed by atoms with van der Waals surface area (Å²) in [6.45, 7) is 12.4. The second-order valence-electron chi connectivity index (χ2n) is 12.8. The molecule has 0 amide bonds. The highest BCUT2D eigenvalue weighted by molar-refractivity contribution is 8.20. The van der Waals surface area contributed by atoms with Crippen LogP contribution in [-0.4, -0.2) is 189 Å². The summed E-state index contributed by atoms with van der Waals surface area (Å²) in [6, 6.07) is 0. The SMILES string of the molecule is CCC.CCC.CCO.CCO.COC(=O)CC(OC)OC.COC(=O)CC1SCCCS1.COC(=O)CC1SCCS1.COC(=O)CC=O.O=C(O)CC1SCCCS1.O=C(O)CC1SCCS1.[H+].[H+]. The summed E-state index contributed by atoms with van der Waals surface area (Å²) in [5, 5.41) is 31.9. The van der Waals surface area contributed by atoms with Gasteiger partial charge in [0.25, 0.3) is 0 Å². The first kappa shape index (κ1) is 79.5. The summed E-state index contributed by atoms with van der Waals surface area (Å²) in [5.41, 5.74) is 0. The van der Waals surface area contributed by atoms with Crippen molar-refractivity contribution in [2.75, 3.05) is 102 Å². The number of hydrogen-bond donors (Lipinski definition) is 4. The van der Waals surface area contributed by atoms with Crippen molar-refractivity contribution >= 4 is 136 Å². The largest absolute Gasteiger partial charge is 1.00 e. The van der Waals surface area contributed by atoms with Gasteiger partial charge in [-0.15, -0.1) is 94.1 Å². The van der Waals surface area contributed by atoms with Gasteiger partial charge in [0.15, 0.2) is 6.29 Å². The number of rotatable bonds is 14. The predicted molar refractivity (Wildman–Crippen MR) is 299 cm³/mol. The summed E-state index contributed by atoms with van der Waals surface area (Å²) in [6.07, 6.45) is 6.75. The Hall–Kier alpha value is -0.870. The first-order valence-electron chi connectivity index (χ1n) is 22.3. The van der Waals surface area contributed by atoms with Crippen LogP contribution in [0, 0.1) is 0 Å². The van der Waals surface area contributed by atoms with Crippen LogP contribution in [0.5, 0.6) is 0 Å². The molecular formula is C44H88O17S8+2. The molecule has 0 bridgehead atoms. The van der Waals surface area contributed by atoms with E-state index in [9.17, 15) is 33.6 Å². The van der Waals surface area contributed by atoms with Crippen LogP contribution in [-0.2, 0) is 62.0 Å². The van der Waals surface area contributed by atoms with Gasteiger partial charge >= 0.3 is 38.7 Å². The number of carboxylic acids is 2. The number of esters is 4. The van der Waals surface area contributed by atoms with Crippen molar-refractivity contribution in [2.45, 2.75) is 130 Å². The van der Waals surface area contributed by atoms with Crippen molar-refractivity contribution in [1.82, 2.24) is 0 Å². The fourth-order valence-corrected chi connectivity index (χ4v) is 14.9. The molecule has 0 aliphatic carbocycles. The van der Waals surface area contributed by atoms with Gasteiger partial charge in [0.1, 0.15) is 12.7 Å². The molecule has 412 valence electrons. The quantitative estimate of drug-likeness (QED) is 0.0416. The number of aldehydes is 1. The van der Waals surface area contributed by atoms with Crippen LogP contribution in [0.2, 0.25) is 0 Å². The third-order valence-electron chi connectivity index (χ3n) is 6.54. The Kier molecular flexibility index (Phi) is 75.1. The average molecular weight is 1150 g/mol. The van der Waals surface area contributed by atoms with E-state index in [-0.39, 0.29) is 46.8 Å². The van der Waals surface area contributed by atoms with Gasteiger partial charge in [0, 0.05) is 50.4 Å². The highest BCUT2D eigenvalue weighted by atomic mass is 32.2. The van der Waals surface area contributed by atoms with Gasteiger partial charge in [-0.25, -0.2) is 0 Å². The molecule has 0 aromatic rings. The van der Waals surface area contributed by atoms with Gasteiger partial charge in [-0.05, 0) is 49.7 Å². The lowest BCUT2D eigenvalue weighted by Gasteiger charge is -2.19. The molecule has 4 heterocycles. The van der Waals surface area contributed by atoms with E-state index in [1.807, 2.05) is 47.0 Å². The van der Waals surface area contributed by atoms with E-state index in [0.717, 1.165) is 23.0 Å². The fourth-order valence-electron chi connectivity index (χ4n) is 3.72. The fraction of sp³-hybridized carbons (Fsp3) is 0.841. The number of carboxylic acid groups (broad SMARTS) is 2. The van der Waals surface area contributed by atoms with Gasteiger partial charge < -0.3 is 53.6 Å². The van der Waals surface area contributed by atoms with Crippen LogP contribution in [0.15, 0.2) is 0 Å². The molecular weight excluding hydrogens is 1060 g/mol. The Balaban J connectivity index is -0.000000107. The molecule has 4 N–H and O–H groups in total. The molecule has 69 heavy (non-hydrogen) atoms. The number of thioether (sulfide) groups is 8. The van der Waals surface area contributed by atoms with Crippen molar-refractivity contribution in [2.24, 2.45) is 0 Å². The smallest absolute Gasteiger partial charge is 0.481 e. The van der Waals surface area contributed by atoms with Crippen LogP contribution in [0.25, 0.3) is 0 Å². The van der Waals surface area contributed by atoms with Crippen LogP contribution in [0.1, 0.15) is 109 Å². The predicted octanol–water partition coefficient (Wildman–Crippen LogP) is 9.00. The van der Waals surface area contributed by atoms with Crippen molar-refractivity contribution in [3.8, 4) is 0 Å². The number of aliphatic carboxylic acids is 2. The molecule has 4 fully saturated rings. The van der Waals surface area contributed by atoms with E-state index >= 15 is 0 Å². The monoisotopic (exact) mass is 1140 g/mol. The van der Waals surface area contributed by atoms with Gasteiger partial charge in [-0.3, -0.25) is 28.8 Å². The minimum Gasteiger partial charge on any atom is -0.481 e. The molecule has 0 aromatic heterocycles. The minimum atomic E-state index is -0.679. The number of hydrogen-bond acceptors (Lipinski definition) is 23. The number of carbonyl (C=O) groups is 7. The molecule has 4 rings (SSSR count). The third-order valence-corrected chi connectivity index (χ3v) is 18.5. The van der Waals surface area contributed by atoms with E-state index in [1.165, 1.54) is 91.4 Å². The number of methoxy groups -OCH3 is 6. The lowest BCUT2D eigenvalue weighted by molar-refractivity contribution is -0.156. The molecule has 0 atom stereocenters. The van der Waals surface area contributed by atoms with Gasteiger partial charge in [0.2, 0.25) is 0 Å². The van der Waals surface area contributed by atoms with Crippen molar-refractivity contribution in [1.29, 1.82) is 0 Å². The molecule has 4 aliphatic rings. The third kappa shape index (κ3) is 69.2. The number of ether oxygens (including phenoxy) is 6. The number of aliphatic hydroxyl groups is 2. The van der Waals surface area contributed by atoms with Crippen LogP contribution < -0.4 is 0 Å². The van der Waals surface area contributed by atoms with Crippen molar-refractivity contribution < 1.29 is 85.3 Å². The highest BCUT2D eigenvalue weighted by Crippen LogP contribution is 2.35. The van der Waals surface area contributed by atoms with Gasteiger partial charge in [-0.2, -0.15) is 0 Å². The zero-order valence-electron chi connectivity index (χ0n) is 45.0. The van der Waals surface area contributed by atoms with E-state index < -0.39 is 24.2 Å². The molecule has 0 aromatic carbocycles. The summed E-state index contributed by atoms with van der Waals surface area (Å²) >= 11 is 14.5. The first-order chi connectivity index (χ1) is 32.9. The maximum atomic E-state index is 10.8. The minimum absolute atomic E-state index is 0. The molecule has 0 unspecified atom stereocenters. The zero-order chi connectivity index (χ0) is 54.1. The molecule has 0 saturated carbocycles. The molecule has 17 nitrogen and oxygen atoms in total. The second-order valence-corrected chi connectivity index (χ2v) is 24.5. The summed E-state index contributed by atoms with van der Waals surface area (Å²) < 4.78 is 28.7. The Morgan fingerprint density at radius 3 is 0.928 bits per heavy atom. The number of carbonyl (C=O) groups excluding carboxylic acids is 5. The topological polar surface area (TPSA) is 256 Å². The first-order valence-corrected chi connectivity index (χ1v) is 30.7. The molecule has 25 heteroatoms. The molecule has 0 radical (unpaired) electrons. The average Bonchev–Trinajstić information content (AvgIpc) is 4.05. The standard InChI is InChI=1S/C7H12O2S2.C6H12O4.2C6H10O2S2.C5H8O2S2.C4H6O3.2C3H8.2C2H6O/c1-9-6(8)5-7-10-3-2-4-11-7;1-8-5(7)4-6(9-2)10-3;1-8-5(7)4-6-9-2-3-10-6;7-5(8)4-6-9-2-1-3-10-6;6-4(7)3-5-8-1-2-9-5;1-7-4(6)2-3-5;2*1-3-2;2*1-2-3/h7H,2-5H2,1H3;6H,4H2,1-3H3;6H,2-4H2,1H3;6H,1-4H2,(H,7,8);5H,1-3H2,(H,6,7);3H,2H2,1H3;2*3H2,1-2H3;2*3H,2H2,1H3/p+2. The second kappa shape index (κ2) is 65.1. The lowest BCUT2D eigenvalue weighted by atomic mass is 10.4. The van der Waals surface area contributed by atoms with E-state index in [0.29, 0.717) is 50.3 Å². The molecule has 4 saturated heterocycles. The maximum absolute atomic E-state index is 10.8. The Morgan fingerprint density at radius 2 is 0.725 bits per heavy atom. The normalized spacial score (nSPS) is 14.9. The van der Waals surface area contributed by atoms with Crippen LogP contribution >= 0.6 is 94.1 Å². The number of aliphatic hydroxyl groups excluding tert-OH is 2. The van der Waals surface area contributed by atoms with Crippen molar-refractivity contribution in [3.63, 3.8) is 0 Å². The Labute approximate surface area is 450 Å². The van der Waals surface area contributed by atoms with Crippen LogP contribution in [0.3, 0.4) is 0 Å². The molecule has 0 spiro atoms. The Morgan fingerprint density at radius 1 is 0.478 bits per heavy atom. The zero-order valence-corrected chi connectivity index (χ0v) is 49.5. The van der Waals surface area contributed by atoms with Crippen LogP contribution in [0.4, 0.5) is 0 Å². The van der Waals surface area contributed by atoms with E-state index in [1.54, 1.807) is 60.9 Å². The van der Waals surface area contributed by atoms with E-state index in [2.05, 4.69) is 46.6 Å². The summed E-state index contributed by atoms with van der Waals surface area (Å²) in [5.74, 6) is 6.85. The van der Waals surface area contributed by atoms with Crippen molar-refractivity contribution in [3.05, 3.63) is 0 Å². The maximum Gasteiger partial charge on any atom is 1.00 e. The lowest BCUT2D eigenvalue weighted by Crippen LogP contribution is -2.18. The van der Waals surface area contributed by atoms with Gasteiger partial charge in [-0.1, -0.05) is 40.5 Å². The van der Waals surface area contributed by atoms with E-state index in [4.69, 9.17) is 29.9 Å². The highest BCUT2D eigenvalue weighted by Gasteiger charge is 2.21. The van der Waals surface area contributed by atoms with Gasteiger partial charge in [0.05, 0.1) is 78.9 Å². The summed E-state index contributed by atoms with van der Waals surface area (Å²) in [7, 11) is 8.39. The Bertz CT molecular complexity index is 1160.